The van der Waals surface area contributed by atoms with Crippen LogP contribution in [0.25, 0.3) is 0 Å². The summed E-state index contributed by atoms with van der Waals surface area (Å²) in [5.74, 6) is -1.10. The van der Waals surface area contributed by atoms with Gasteiger partial charge in [0.05, 0.1) is 12.1 Å². The summed E-state index contributed by atoms with van der Waals surface area (Å²) in [6, 6.07) is 7.80. The maximum atomic E-state index is 11.4. The number of aliphatic carboxylic acids is 1. The predicted molar refractivity (Wildman–Crippen MR) is 80.5 cm³/mol. The highest BCUT2D eigenvalue weighted by atomic mass is 79.9. The highest BCUT2D eigenvalue weighted by Gasteiger charge is 2.18. The quantitative estimate of drug-likeness (QED) is 0.881. The molecule has 0 radical (unpaired) electrons. The molecule has 0 amide bonds. The van der Waals surface area contributed by atoms with Crippen molar-refractivity contribution in [3.05, 3.63) is 52.3 Å². The van der Waals surface area contributed by atoms with E-state index in [1.54, 1.807) is 10.9 Å². The van der Waals surface area contributed by atoms with Gasteiger partial charge in [0.15, 0.2) is 0 Å². The van der Waals surface area contributed by atoms with Gasteiger partial charge >= 0.3 is 5.97 Å². The molecule has 0 saturated heterocycles. The summed E-state index contributed by atoms with van der Waals surface area (Å²) in [5, 5.41) is 13.4. The molecule has 0 saturated carbocycles. The van der Waals surface area contributed by atoms with Crippen LogP contribution in [-0.4, -0.2) is 20.9 Å². The Kier molecular flexibility index (Phi) is 4.95. The van der Waals surface area contributed by atoms with Crippen molar-refractivity contribution in [2.24, 2.45) is 13.0 Å². The molecular weight excluding hydrogens is 320 g/mol. The summed E-state index contributed by atoms with van der Waals surface area (Å²) in [7, 11) is 1.86. The third kappa shape index (κ3) is 4.20. The van der Waals surface area contributed by atoms with E-state index < -0.39 is 5.97 Å². The third-order valence-corrected chi connectivity index (χ3v) is 3.81. The first-order valence-electron chi connectivity index (χ1n) is 6.49. The Morgan fingerprint density at radius 3 is 2.60 bits per heavy atom. The van der Waals surface area contributed by atoms with Crippen LogP contribution in [-0.2, 0) is 24.7 Å². The summed E-state index contributed by atoms with van der Waals surface area (Å²) < 4.78 is 2.74. The standard InChI is InChI=1S/C15H17BrN2O2/c1-18-10-12(9-17-18)2-5-13(15(19)20)8-11-3-6-14(16)7-4-11/h3-4,6-7,9-10,13H,2,5,8H2,1H3,(H,19,20). The van der Waals surface area contributed by atoms with Crippen LogP contribution in [0.3, 0.4) is 0 Å². The van der Waals surface area contributed by atoms with Gasteiger partial charge in [-0.2, -0.15) is 5.10 Å². The Morgan fingerprint density at radius 2 is 2.05 bits per heavy atom. The van der Waals surface area contributed by atoms with Crippen molar-refractivity contribution in [3.63, 3.8) is 0 Å². The van der Waals surface area contributed by atoms with Gasteiger partial charge in [-0.15, -0.1) is 0 Å². The fourth-order valence-corrected chi connectivity index (χ4v) is 2.42. The smallest absolute Gasteiger partial charge is 0.306 e. The average molecular weight is 337 g/mol. The molecule has 0 spiro atoms. The molecule has 2 aromatic rings. The van der Waals surface area contributed by atoms with Gasteiger partial charge in [0.1, 0.15) is 0 Å². The Labute approximate surface area is 126 Å². The van der Waals surface area contributed by atoms with Crippen molar-refractivity contribution < 1.29 is 9.90 Å². The van der Waals surface area contributed by atoms with E-state index >= 15 is 0 Å². The third-order valence-electron chi connectivity index (χ3n) is 3.28. The average Bonchev–Trinajstić information content (AvgIpc) is 2.82. The van der Waals surface area contributed by atoms with Crippen LogP contribution in [0.15, 0.2) is 41.1 Å². The normalized spacial score (nSPS) is 12.3. The number of aromatic nitrogens is 2. The van der Waals surface area contributed by atoms with Gasteiger partial charge in [-0.1, -0.05) is 28.1 Å². The predicted octanol–water partition coefficient (Wildman–Crippen LogP) is 3.06. The number of rotatable bonds is 6. The number of aryl methyl sites for hydroxylation is 2. The first-order valence-corrected chi connectivity index (χ1v) is 7.28. The van der Waals surface area contributed by atoms with Crippen LogP contribution < -0.4 is 0 Å². The first-order chi connectivity index (χ1) is 9.54. The molecular formula is C15H17BrN2O2. The Morgan fingerprint density at radius 1 is 1.35 bits per heavy atom. The fraction of sp³-hybridized carbons (Fsp3) is 0.333. The molecule has 0 aliphatic carbocycles. The highest BCUT2D eigenvalue weighted by molar-refractivity contribution is 9.10. The molecule has 1 atom stereocenters. The van der Waals surface area contributed by atoms with Crippen molar-refractivity contribution in [2.45, 2.75) is 19.3 Å². The van der Waals surface area contributed by atoms with E-state index in [0.717, 1.165) is 22.0 Å². The van der Waals surface area contributed by atoms with Crippen molar-refractivity contribution in [1.82, 2.24) is 9.78 Å². The number of hydrogen-bond acceptors (Lipinski definition) is 2. The van der Waals surface area contributed by atoms with Crippen LogP contribution in [0.5, 0.6) is 0 Å². The molecule has 1 aromatic heterocycles. The molecule has 2 rings (SSSR count). The van der Waals surface area contributed by atoms with E-state index in [1.807, 2.05) is 37.5 Å². The van der Waals surface area contributed by atoms with Crippen molar-refractivity contribution in [3.8, 4) is 0 Å². The molecule has 5 heteroatoms. The van der Waals surface area contributed by atoms with Crippen molar-refractivity contribution in [1.29, 1.82) is 0 Å². The van der Waals surface area contributed by atoms with E-state index in [-0.39, 0.29) is 5.92 Å². The molecule has 4 nitrogen and oxygen atoms in total. The minimum absolute atomic E-state index is 0.364. The molecule has 20 heavy (non-hydrogen) atoms. The van der Waals surface area contributed by atoms with E-state index in [2.05, 4.69) is 21.0 Å². The van der Waals surface area contributed by atoms with Crippen LogP contribution in [0.2, 0.25) is 0 Å². The largest absolute Gasteiger partial charge is 0.481 e. The van der Waals surface area contributed by atoms with Crippen molar-refractivity contribution >= 4 is 21.9 Å². The molecule has 0 bridgehead atoms. The highest BCUT2D eigenvalue weighted by Crippen LogP contribution is 2.18. The number of halogens is 1. The maximum absolute atomic E-state index is 11.4. The van der Waals surface area contributed by atoms with Crippen LogP contribution in [0.4, 0.5) is 0 Å². The molecule has 0 aliphatic heterocycles. The van der Waals surface area contributed by atoms with Gasteiger partial charge in [-0.3, -0.25) is 9.48 Å². The van der Waals surface area contributed by atoms with Crippen LogP contribution in [0, 0.1) is 5.92 Å². The summed E-state index contributed by atoms with van der Waals surface area (Å²) >= 11 is 3.38. The zero-order valence-electron chi connectivity index (χ0n) is 11.3. The summed E-state index contributed by atoms with van der Waals surface area (Å²) in [6.07, 6.45) is 5.64. The minimum atomic E-state index is -0.739. The minimum Gasteiger partial charge on any atom is -0.481 e. The van der Waals surface area contributed by atoms with E-state index in [1.165, 1.54) is 0 Å². The van der Waals surface area contributed by atoms with Gasteiger partial charge in [-0.25, -0.2) is 0 Å². The Bertz CT molecular complexity index is 578. The van der Waals surface area contributed by atoms with Crippen molar-refractivity contribution in [2.75, 3.05) is 0 Å². The van der Waals surface area contributed by atoms with E-state index in [4.69, 9.17) is 0 Å². The molecule has 0 aliphatic rings. The second-order valence-corrected chi connectivity index (χ2v) is 5.84. The summed E-state index contributed by atoms with van der Waals surface area (Å²) in [4.78, 5) is 11.4. The first kappa shape index (κ1) is 14.8. The van der Waals surface area contributed by atoms with Gasteiger partial charge in [-0.05, 0) is 42.5 Å². The van der Waals surface area contributed by atoms with E-state index in [0.29, 0.717) is 12.8 Å². The monoisotopic (exact) mass is 336 g/mol. The lowest BCUT2D eigenvalue weighted by Gasteiger charge is -2.11. The number of benzene rings is 1. The SMILES string of the molecule is Cn1cc(CCC(Cc2ccc(Br)cc2)C(=O)O)cn1. The summed E-state index contributed by atoms with van der Waals surface area (Å²) in [5.41, 5.74) is 2.13. The number of hydrogen-bond donors (Lipinski definition) is 1. The second kappa shape index (κ2) is 6.70. The van der Waals surface area contributed by atoms with Crippen LogP contribution >= 0.6 is 15.9 Å². The summed E-state index contributed by atoms with van der Waals surface area (Å²) in [6.45, 7) is 0. The second-order valence-electron chi connectivity index (χ2n) is 4.93. The van der Waals surface area contributed by atoms with Crippen LogP contribution in [0.1, 0.15) is 17.5 Å². The van der Waals surface area contributed by atoms with Gasteiger partial charge in [0.2, 0.25) is 0 Å². The number of nitrogens with zero attached hydrogens (tertiary/aromatic N) is 2. The lowest BCUT2D eigenvalue weighted by atomic mass is 9.94. The van der Waals surface area contributed by atoms with E-state index in [9.17, 15) is 9.90 Å². The molecule has 1 N–H and O–H groups in total. The topological polar surface area (TPSA) is 55.1 Å². The molecule has 1 aromatic carbocycles. The lowest BCUT2D eigenvalue weighted by Crippen LogP contribution is -2.17. The fourth-order valence-electron chi connectivity index (χ4n) is 2.16. The molecule has 0 fully saturated rings. The maximum Gasteiger partial charge on any atom is 0.306 e. The zero-order chi connectivity index (χ0) is 14.5. The van der Waals surface area contributed by atoms with Gasteiger partial charge in [0, 0.05) is 17.7 Å². The Balaban J connectivity index is 1.96. The molecule has 1 unspecified atom stereocenters. The number of carboxylic acids is 1. The molecule has 106 valence electrons. The lowest BCUT2D eigenvalue weighted by molar-refractivity contribution is -0.141. The number of carboxylic acid groups (broad SMARTS) is 1. The zero-order valence-corrected chi connectivity index (χ0v) is 12.9. The Hall–Kier alpha value is -1.62. The van der Waals surface area contributed by atoms with Gasteiger partial charge < -0.3 is 5.11 Å². The molecule has 1 heterocycles. The van der Waals surface area contributed by atoms with Gasteiger partial charge in [0.25, 0.3) is 0 Å². The number of carbonyl (C=O) groups is 1.